The molecule has 0 atom stereocenters. The van der Waals surface area contributed by atoms with Gasteiger partial charge in [-0.05, 0) is 51.8 Å². The largest absolute Gasteiger partial charge is 0.484 e. The number of aromatic nitrogens is 1. The monoisotopic (exact) mass is 455 g/mol. The van der Waals surface area contributed by atoms with Crippen molar-refractivity contribution in [3.63, 3.8) is 0 Å². The molecule has 0 radical (unpaired) electrons. The molecule has 1 aromatic carbocycles. The molecule has 4 rings (SSSR count). The normalized spacial score (nSPS) is 14.7. The number of carbonyl (C=O) groups is 1. The average molecular weight is 456 g/mol. The first-order valence-electron chi connectivity index (χ1n) is 9.55. The quantitative estimate of drug-likeness (QED) is 0.562. The molecule has 6 nitrogen and oxygen atoms in total. The summed E-state index contributed by atoms with van der Waals surface area (Å²) in [6.45, 7) is 4.16. The lowest BCUT2D eigenvalue weighted by molar-refractivity contribution is 0.0594. The summed E-state index contributed by atoms with van der Waals surface area (Å²) < 4.78 is 12.4. The molecule has 0 saturated carbocycles. The highest BCUT2D eigenvalue weighted by Crippen LogP contribution is 2.25. The third-order valence-corrected chi connectivity index (χ3v) is 5.52. The summed E-state index contributed by atoms with van der Waals surface area (Å²) in [6, 6.07) is 15.2. The number of pyridine rings is 1. The summed E-state index contributed by atoms with van der Waals surface area (Å²) in [5.41, 5.74) is 1.19. The van der Waals surface area contributed by atoms with Crippen molar-refractivity contribution in [2.24, 2.45) is 0 Å². The molecule has 1 aliphatic heterocycles. The Bertz CT molecular complexity index is 953. The van der Waals surface area contributed by atoms with Gasteiger partial charge < -0.3 is 14.1 Å². The highest BCUT2D eigenvalue weighted by Gasteiger charge is 2.24. The molecular formula is C22H22BrN3O3. The number of piperazine rings is 1. The highest BCUT2D eigenvalue weighted by molar-refractivity contribution is 9.10. The topological polar surface area (TPSA) is 58.8 Å². The van der Waals surface area contributed by atoms with E-state index in [0.717, 1.165) is 29.9 Å². The second-order valence-electron chi connectivity index (χ2n) is 6.91. The molecule has 3 aromatic rings. The number of carbonyl (C=O) groups excluding carboxylic acids is 1. The summed E-state index contributed by atoms with van der Waals surface area (Å²) in [5, 5.41) is 0. The molecule has 1 amide bonds. The van der Waals surface area contributed by atoms with Crippen molar-refractivity contribution in [1.29, 1.82) is 0 Å². The minimum absolute atomic E-state index is 0.0711. The van der Waals surface area contributed by atoms with Crippen molar-refractivity contribution < 1.29 is 13.9 Å². The molecule has 150 valence electrons. The first kappa shape index (κ1) is 19.7. The van der Waals surface area contributed by atoms with Gasteiger partial charge in [0.05, 0.1) is 4.47 Å². The van der Waals surface area contributed by atoms with E-state index >= 15 is 0 Å². The first-order chi connectivity index (χ1) is 14.2. The molecule has 0 spiro atoms. The van der Waals surface area contributed by atoms with Gasteiger partial charge in [-0.15, -0.1) is 0 Å². The predicted molar refractivity (Wildman–Crippen MR) is 113 cm³/mol. The number of hydrogen-bond donors (Lipinski definition) is 0. The molecule has 1 fully saturated rings. The number of hydrogen-bond acceptors (Lipinski definition) is 5. The predicted octanol–water partition coefficient (Wildman–Crippen LogP) is 3.97. The van der Waals surface area contributed by atoms with E-state index in [2.05, 4.69) is 31.9 Å². The summed E-state index contributed by atoms with van der Waals surface area (Å²) in [7, 11) is 0. The molecule has 1 aliphatic rings. The summed E-state index contributed by atoms with van der Waals surface area (Å²) >= 11 is 3.45. The third kappa shape index (κ3) is 5.05. The van der Waals surface area contributed by atoms with E-state index in [9.17, 15) is 4.79 Å². The number of para-hydroxylation sites is 1. The van der Waals surface area contributed by atoms with E-state index < -0.39 is 0 Å². The number of furan rings is 1. The highest BCUT2D eigenvalue weighted by atomic mass is 79.9. The van der Waals surface area contributed by atoms with Gasteiger partial charge in [-0.1, -0.05) is 18.2 Å². The Morgan fingerprint density at radius 2 is 1.90 bits per heavy atom. The van der Waals surface area contributed by atoms with Gasteiger partial charge in [0.2, 0.25) is 0 Å². The molecule has 7 heteroatoms. The van der Waals surface area contributed by atoms with E-state index in [-0.39, 0.29) is 12.5 Å². The van der Waals surface area contributed by atoms with Crippen LogP contribution in [0.4, 0.5) is 0 Å². The van der Waals surface area contributed by atoms with E-state index in [0.29, 0.717) is 24.6 Å². The van der Waals surface area contributed by atoms with Gasteiger partial charge in [0.25, 0.3) is 5.91 Å². The van der Waals surface area contributed by atoms with Crippen molar-refractivity contribution in [2.75, 3.05) is 26.2 Å². The lowest BCUT2D eigenvalue weighted by Gasteiger charge is -2.34. The lowest BCUT2D eigenvalue weighted by Crippen LogP contribution is -2.48. The van der Waals surface area contributed by atoms with Crippen LogP contribution in [0.1, 0.15) is 21.9 Å². The van der Waals surface area contributed by atoms with Gasteiger partial charge >= 0.3 is 0 Å². The molecule has 0 aliphatic carbocycles. The zero-order valence-electron chi connectivity index (χ0n) is 16.0. The van der Waals surface area contributed by atoms with Gasteiger partial charge in [-0.2, -0.15) is 0 Å². The molecule has 1 saturated heterocycles. The molecule has 3 heterocycles. The smallest absolute Gasteiger partial charge is 0.289 e. The van der Waals surface area contributed by atoms with Gasteiger partial charge in [0.15, 0.2) is 5.76 Å². The van der Waals surface area contributed by atoms with Crippen molar-refractivity contribution >= 4 is 21.8 Å². The minimum Gasteiger partial charge on any atom is -0.484 e. The molecule has 2 aromatic heterocycles. The third-order valence-electron chi connectivity index (χ3n) is 4.87. The van der Waals surface area contributed by atoms with E-state index in [4.69, 9.17) is 9.15 Å². The van der Waals surface area contributed by atoms with Crippen molar-refractivity contribution in [1.82, 2.24) is 14.8 Å². The fraction of sp³-hybridized carbons (Fsp3) is 0.273. The fourth-order valence-electron chi connectivity index (χ4n) is 3.30. The number of halogens is 1. The second-order valence-corrected chi connectivity index (χ2v) is 7.77. The minimum atomic E-state index is -0.0711. The maximum absolute atomic E-state index is 12.8. The molecular weight excluding hydrogens is 434 g/mol. The van der Waals surface area contributed by atoms with Gasteiger partial charge in [0.1, 0.15) is 18.1 Å². The number of amides is 1. The number of benzene rings is 1. The zero-order chi connectivity index (χ0) is 20.1. The fourth-order valence-corrected chi connectivity index (χ4v) is 3.70. The summed E-state index contributed by atoms with van der Waals surface area (Å²) in [5.74, 6) is 1.65. The maximum Gasteiger partial charge on any atom is 0.289 e. The van der Waals surface area contributed by atoms with E-state index in [1.807, 2.05) is 41.4 Å². The number of ether oxygens (including phenoxy) is 1. The summed E-state index contributed by atoms with van der Waals surface area (Å²) in [4.78, 5) is 21.1. The Hall–Kier alpha value is -2.64. The molecule has 0 unspecified atom stereocenters. The van der Waals surface area contributed by atoms with Crippen molar-refractivity contribution in [3.05, 3.63) is 82.5 Å². The maximum atomic E-state index is 12.8. The SMILES string of the molecule is O=C(c1ccc(COc2ccccc2Br)o1)N1CCN(Cc2cccnc2)CC1. The molecule has 0 bridgehead atoms. The molecule has 0 N–H and O–H groups in total. The lowest BCUT2D eigenvalue weighted by atomic mass is 10.2. The van der Waals surface area contributed by atoms with Crippen LogP contribution in [0.3, 0.4) is 0 Å². The van der Waals surface area contributed by atoms with Crippen LogP contribution < -0.4 is 4.74 Å². The zero-order valence-corrected chi connectivity index (χ0v) is 17.5. The van der Waals surface area contributed by atoms with Crippen LogP contribution in [0.2, 0.25) is 0 Å². The second kappa shape index (κ2) is 9.24. The van der Waals surface area contributed by atoms with Crippen LogP contribution in [0.5, 0.6) is 5.75 Å². The van der Waals surface area contributed by atoms with Crippen LogP contribution in [0.15, 0.2) is 69.8 Å². The van der Waals surface area contributed by atoms with Crippen LogP contribution >= 0.6 is 15.9 Å². The number of rotatable bonds is 6. The van der Waals surface area contributed by atoms with E-state index in [1.54, 1.807) is 18.3 Å². The average Bonchev–Trinajstić information content (AvgIpc) is 3.23. The van der Waals surface area contributed by atoms with Gasteiger partial charge in [0, 0.05) is 45.1 Å². The summed E-state index contributed by atoms with van der Waals surface area (Å²) in [6.07, 6.45) is 3.67. The van der Waals surface area contributed by atoms with Crippen LogP contribution in [-0.4, -0.2) is 46.9 Å². The van der Waals surface area contributed by atoms with Gasteiger partial charge in [-0.3, -0.25) is 14.7 Å². The Labute approximate surface area is 178 Å². The van der Waals surface area contributed by atoms with Crippen LogP contribution in [0, 0.1) is 0 Å². The molecule has 29 heavy (non-hydrogen) atoms. The van der Waals surface area contributed by atoms with Crippen LogP contribution in [-0.2, 0) is 13.2 Å². The Morgan fingerprint density at radius 1 is 1.07 bits per heavy atom. The Morgan fingerprint density at radius 3 is 2.66 bits per heavy atom. The van der Waals surface area contributed by atoms with Crippen molar-refractivity contribution in [3.8, 4) is 5.75 Å². The van der Waals surface area contributed by atoms with Crippen molar-refractivity contribution in [2.45, 2.75) is 13.2 Å². The van der Waals surface area contributed by atoms with Gasteiger partial charge in [-0.25, -0.2) is 0 Å². The Kier molecular flexibility index (Phi) is 6.27. The standard InChI is InChI=1S/C22H22BrN3O3/c23-19-5-1-2-6-20(19)28-16-18-7-8-21(29-18)22(27)26-12-10-25(11-13-26)15-17-4-3-9-24-14-17/h1-9,14H,10-13,15-16H2. The Balaban J connectivity index is 1.29. The number of nitrogens with zero attached hydrogens (tertiary/aromatic N) is 3. The van der Waals surface area contributed by atoms with Crippen LogP contribution in [0.25, 0.3) is 0 Å². The van der Waals surface area contributed by atoms with E-state index in [1.165, 1.54) is 5.56 Å². The first-order valence-corrected chi connectivity index (χ1v) is 10.3.